The van der Waals surface area contributed by atoms with E-state index in [1.165, 1.54) is 30.0 Å². The SMILES string of the molecule is O=C(CCC1CCCC1)Nc1ccc(S(=O)(=O)N2CCOCC2)cc1. The van der Waals surface area contributed by atoms with Gasteiger partial charge < -0.3 is 10.1 Å². The number of carbonyl (C=O) groups is 1. The highest BCUT2D eigenvalue weighted by Gasteiger charge is 2.26. The van der Waals surface area contributed by atoms with Gasteiger partial charge >= 0.3 is 0 Å². The number of ether oxygens (including phenoxy) is 1. The molecule has 0 unspecified atom stereocenters. The van der Waals surface area contributed by atoms with Crippen LogP contribution in [0.1, 0.15) is 38.5 Å². The molecule has 7 heteroatoms. The molecule has 0 radical (unpaired) electrons. The van der Waals surface area contributed by atoms with Crippen LogP contribution in [0.15, 0.2) is 29.2 Å². The maximum Gasteiger partial charge on any atom is 0.243 e. The van der Waals surface area contributed by atoms with Crippen LogP contribution in [-0.2, 0) is 19.6 Å². The normalized spacial score (nSPS) is 19.8. The van der Waals surface area contributed by atoms with Gasteiger partial charge in [0, 0.05) is 25.2 Å². The molecule has 1 saturated carbocycles. The summed E-state index contributed by atoms with van der Waals surface area (Å²) in [5.41, 5.74) is 0.636. The molecule has 0 spiro atoms. The van der Waals surface area contributed by atoms with Crippen LogP contribution in [0.5, 0.6) is 0 Å². The topological polar surface area (TPSA) is 75.7 Å². The van der Waals surface area contributed by atoms with Crippen LogP contribution >= 0.6 is 0 Å². The second kappa shape index (κ2) is 8.29. The second-order valence-corrected chi connectivity index (χ2v) is 8.72. The van der Waals surface area contributed by atoms with E-state index in [1.807, 2.05) is 0 Å². The van der Waals surface area contributed by atoms with E-state index in [2.05, 4.69) is 5.32 Å². The van der Waals surface area contributed by atoms with Crippen LogP contribution in [0.25, 0.3) is 0 Å². The van der Waals surface area contributed by atoms with E-state index >= 15 is 0 Å². The standard InChI is InChI=1S/C18H26N2O4S/c21-18(10-5-15-3-1-2-4-15)19-16-6-8-17(9-7-16)25(22,23)20-11-13-24-14-12-20/h6-9,15H,1-5,10-14H2,(H,19,21). The highest BCUT2D eigenvalue weighted by Crippen LogP contribution is 2.28. The van der Waals surface area contributed by atoms with Crippen LogP contribution in [-0.4, -0.2) is 44.9 Å². The van der Waals surface area contributed by atoms with Crippen LogP contribution in [0.2, 0.25) is 0 Å². The first-order valence-electron chi connectivity index (χ1n) is 9.03. The van der Waals surface area contributed by atoms with Gasteiger partial charge in [-0.1, -0.05) is 25.7 Å². The lowest BCUT2D eigenvalue weighted by molar-refractivity contribution is -0.116. The molecule has 2 aliphatic rings. The number of hydrogen-bond donors (Lipinski definition) is 1. The Labute approximate surface area is 149 Å². The van der Waals surface area contributed by atoms with Gasteiger partial charge in [0.25, 0.3) is 0 Å². The van der Waals surface area contributed by atoms with Crippen molar-refractivity contribution in [2.75, 3.05) is 31.6 Å². The Morgan fingerprint density at radius 1 is 1.12 bits per heavy atom. The molecule has 6 nitrogen and oxygen atoms in total. The van der Waals surface area contributed by atoms with Crippen molar-refractivity contribution in [3.05, 3.63) is 24.3 Å². The molecule has 1 N–H and O–H groups in total. The molecule has 1 aromatic rings. The van der Waals surface area contributed by atoms with E-state index < -0.39 is 10.0 Å². The van der Waals surface area contributed by atoms with Crippen LogP contribution < -0.4 is 5.32 Å². The molecule has 1 aliphatic heterocycles. The minimum absolute atomic E-state index is 0.00399. The van der Waals surface area contributed by atoms with Gasteiger partial charge in [-0.15, -0.1) is 0 Å². The van der Waals surface area contributed by atoms with Crippen molar-refractivity contribution in [3.8, 4) is 0 Å². The fourth-order valence-corrected chi connectivity index (χ4v) is 4.91. The first-order chi connectivity index (χ1) is 12.1. The van der Waals surface area contributed by atoms with Crippen molar-refractivity contribution in [2.24, 2.45) is 5.92 Å². The quantitative estimate of drug-likeness (QED) is 0.840. The first-order valence-corrected chi connectivity index (χ1v) is 10.5. The van der Waals surface area contributed by atoms with Crippen molar-refractivity contribution in [1.29, 1.82) is 0 Å². The predicted molar refractivity (Wildman–Crippen MR) is 95.8 cm³/mol. The predicted octanol–water partition coefficient (Wildman–Crippen LogP) is 2.62. The molecular formula is C18H26N2O4S. The number of carbonyl (C=O) groups excluding carboxylic acids is 1. The van der Waals surface area contributed by atoms with Gasteiger partial charge in [-0.3, -0.25) is 4.79 Å². The Morgan fingerprint density at radius 3 is 2.40 bits per heavy atom. The van der Waals surface area contributed by atoms with Gasteiger partial charge in [0.2, 0.25) is 15.9 Å². The van der Waals surface area contributed by atoms with Crippen LogP contribution in [0.4, 0.5) is 5.69 Å². The summed E-state index contributed by atoms with van der Waals surface area (Å²) in [5.74, 6) is 0.683. The van der Waals surface area contributed by atoms with E-state index in [9.17, 15) is 13.2 Å². The molecule has 1 aromatic carbocycles. The van der Waals surface area contributed by atoms with Gasteiger partial charge in [-0.25, -0.2) is 8.42 Å². The molecule has 1 saturated heterocycles. The number of nitrogens with zero attached hydrogens (tertiary/aromatic N) is 1. The number of sulfonamides is 1. The molecule has 138 valence electrons. The Hall–Kier alpha value is -1.44. The molecule has 25 heavy (non-hydrogen) atoms. The zero-order valence-corrected chi connectivity index (χ0v) is 15.3. The lowest BCUT2D eigenvalue weighted by Gasteiger charge is -2.26. The lowest BCUT2D eigenvalue weighted by atomic mass is 10.0. The van der Waals surface area contributed by atoms with Crippen molar-refractivity contribution in [2.45, 2.75) is 43.4 Å². The maximum absolute atomic E-state index is 12.6. The summed E-state index contributed by atoms with van der Waals surface area (Å²) in [6, 6.07) is 6.41. The van der Waals surface area contributed by atoms with E-state index in [4.69, 9.17) is 4.74 Å². The number of morpholine rings is 1. The molecule has 0 aromatic heterocycles. The van der Waals surface area contributed by atoms with E-state index in [0.717, 1.165) is 6.42 Å². The van der Waals surface area contributed by atoms with Crippen LogP contribution in [0.3, 0.4) is 0 Å². The molecule has 1 heterocycles. The molecule has 1 amide bonds. The number of rotatable bonds is 6. The summed E-state index contributed by atoms with van der Waals surface area (Å²) < 4.78 is 31.7. The van der Waals surface area contributed by atoms with Crippen molar-refractivity contribution < 1.29 is 17.9 Å². The zero-order chi connectivity index (χ0) is 17.7. The smallest absolute Gasteiger partial charge is 0.243 e. The average molecular weight is 366 g/mol. The first kappa shape index (κ1) is 18.4. The number of anilines is 1. The van der Waals surface area contributed by atoms with Gasteiger partial charge in [-0.2, -0.15) is 4.31 Å². The molecule has 3 rings (SSSR count). The largest absolute Gasteiger partial charge is 0.379 e. The minimum atomic E-state index is -3.49. The number of amides is 1. The molecule has 1 aliphatic carbocycles. The zero-order valence-electron chi connectivity index (χ0n) is 14.4. The Balaban J connectivity index is 1.55. The summed E-state index contributed by atoms with van der Waals surface area (Å²) in [6.45, 7) is 1.60. The van der Waals surface area contributed by atoms with Gasteiger partial charge in [0.1, 0.15) is 0 Å². The van der Waals surface area contributed by atoms with E-state index in [0.29, 0.717) is 44.3 Å². The Bertz CT molecular complexity index is 676. The third-order valence-corrected chi connectivity index (χ3v) is 6.91. The summed E-state index contributed by atoms with van der Waals surface area (Å²) in [5, 5.41) is 2.86. The fourth-order valence-electron chi connectivity index (χ4n) is 3.50. The third kappa shape index (κ3) is 4.80. The third-order valence-electron chi connectivity index (χ3n) is 5.00. The van der Waals surface area contributed by atoms with Crippen molar-refractivity contribution >= 4 is 21.6 Å². The average Bonchev–Trinajstić information content (AvgIpc) is 3.15. The number of hydrogen-bond acceptors (Lipinski definition) is 4. The Kier molecular flexibility index (Phi) is 6.09. The van der Waals surface area contributed by atoms with Crippen LogP contribution in [0, 0.1) is 5.92 Å². The molecular weight excluding hydrogens is 340 g/mol. The Morgan fingerprint density at radius 2 is 1.76 bits per heavy atom. The number of nitrogens with one attached hydrogen (secondary N) is 1. The minimum Gasteiger partial charge on any atom is -0.379 e. The van der Waals surface area contributed by atoms with Gasteiger partial charge in [0.15, 0.2) is 0 Å². The molecule has 2 fully saturated rings. The highest BCUT2D eigenvalue weighted by molar-refractivity contribution is 7.89. The maximum atomic E-state index is 12.6. The number of benzene rings is 1. The summed E-state index contributed by atoms with van der Waals surface area (Å²) in [4.78, 5) is 12.3. The fraction of sp³-hybridized carbons (Fsp3) is 0.611. The highest BCUT2D eigenvalue weighted by atomic mass is 32.2. The van der Waals surface area contributed by atoms with Crippen molar-refractivity contribution in [3.63, 3.8) is 0 Å². The summed E-state index contributed by atoms with van der Waals surface area (Å²) in [7, 11) is -3.49. The second-order valence-electron chi connectivity index (χ2n) is 6.78. The van der Waals surface area contributed by atoms with Gasteiger partial charge in [0.05, 0.1) is 18.1 Å². The lowest BCUT2D eigenvalue weighted by Crippen LogP contribution is -2.40. The molecule has 0 atom stereocenters. The summed E-state index contributed by atoms with van der Waals surface area (Å²) >= 11 is 0. The van der Waals surface area contributed by atoms with E-state index in [-0.39, 0.29) is 10.8 Å². The summed E-state index contributed by atoms with van der Waals surface area (Å²) in [6.07, 6.45) is 6.51. The van der Waals surface area contributed by atoms with Gasteiger partial charge in [-0.05, 0) is 36.6 Å². The van der Waals surface area contributed by atoms with E-state index in [1.54, 1.807) is 24.3 Å². The monoisotopic (exact) mass is 366 g/mol. The molecule has 0 bridgehead atoms. The van der Waals surface area contributed by atoms with Crippen molar-refractivity contribution in [1.82, 2.24) is 4.31 Å².